The van der Waals surface area contributed by atoms with Gasteiger partial charge in [-0.3, -0.25) is 0 Å². The minimum atomic E-state index is -0.208. The van der Waals surface area contributed by atoms with Crippen LogP contribution in [0.2, 0.25) is 0 Å². The maximum atomic E-state index is 7.08. The van der Waals surface area contributed by atoms with Crippen LogP contribution in [0.15, 0.2) is 174 Å². The van der Waals surface area contributed by atoms with Crippen LogP contribution in [0.4, 0.5) is 11.4 Å². The van der Waals surface area contributed by atoms with Gasteiger partial charge in [-0.25, -0.2) is 0 Å². The van der Waals surface area contributed by atoms with Crippen LogP contribution in [0, 0.1) is 0 Å². The van der Waals surface area contributed by atoms with Gasteiger partial charge in [0.1, 0.15) is 11.5 Å². The van der Waals surface area contributed by atoms with Crippen molar-refractivity contribution in [3.05, 3.63) is 198 Å². The number of hydrogen-bond donors (Lipinski definition) is 1. The van der Waals surface area contributed by atoms with Crippen molar-refractivity contribution in [2.75, 3.05) is 5.32 Å². The Bertz CT molecular complexity index is 4440. The smallest absolute Gasteiger partial charge is 0.197 e. The number of nitrogens with zero attached hydrogens (tertiary/aromatic N) is 1. The van der Waals surface area contributed by atoms with E-state index in [0.717, 1.165) is 55.9 Å². The summed E-state index contributed by atoms with van der Waals surface area (Å²) in [5.74, 6) is 1.77. The highest BCUT2D eigenvalue weighted by Crippen LogP contribution is 2.57. The number of anilines is 2. The molecule has 1 aliphatic heterocycles. The highest BCUT2D eigenvalue weighted by Gasteiger charge is 2.43. The molecule has 0 amide bonds. The van der Waals surface area contributed by atoms with E-state index in [1.165, 1.54) is 110 Å². The van der Waals surface area contributed by atoms with Crippen LogP contribution in [0.3, 0.4) is 0 Å². The molecule has 3 aromatic heterocycles. The van der Waals surface area contributed by atoms with Gasteiger partial charge in [0.05, 0.1) is 5.52 Å². The van der Waals surface area contributed by atoms with Crippen molar-refractivity contribution in [3.63, 3.8) is 0 Å². The fourth-order valence-electron chi connectivity index (χ4n) is 13.6. The number of aromatic nitrogens is 1. The molecule has 76 heavy (non-hydrogen) atoms. The maximum absolute atomic E-state index is 7.08. The number of thiophene rings is 1. The SMILES string of the molecule is CC(C)(C)c1ccc(Nc2cc3c(cc2-c2ccc4c5cc6sc7ccccc7c6cc5n5c4c2[B]c2cc4c(-c6ccccc6)oc(-c6ccccc6)c4cc2-5)-c2cc4c(cc2C3(C)C)C(C)(C)CCC4(C)C)cc1. The predicted molar refractivity (Wildman–Crippen MR) is 326 cm³/mol. The van der Waals surface area contributed by atoms with Gasteiger partial charge in [0.15, 0.2) is 7.28 Å². The molecule has 15 rings (SSSR count). The van der Waals surface area contributed by atoms with E-state index in [0.29, 0.717) is 0 Å². The number of furan rings is 1. The Labute approximate surface area is 450 Å². The Morgan fingerprint density at radius 2 is 1.14 bits per heavy atom. The zero-order chi connectivity index (χ0) is 51.8. The third-order valence-electron chi connectivity index (χ3n) is 18.0. The fourth-order valence-corrected chi connectivity index (χ4v) is 14.7. The summed E-state index contributed by atoms with van der Waals surface area (Å²) in [6.07, 6.45) is 2.37. The van der Waals surface area contributed by atoms with Gasteiger partial charge in [-0.05, 0) is 134 Å². The van der Waals surface area contributed by atoms with Crippen LogP contribution >= 0.6 is 11.3 Å². The molecule has 12 aromatic rings. The first-order chi connectivity index (χ1) is 36.5. The summed E-state index contributed by atoms with van der Waals surface area (Å²) in [5.41, 5.74) is 22.6. The first kappa shape index (κ1) is 45.8. The Morgan fingerprint density at radius 3 is 1.84 bits per heavy atom. The van der Waals surface area contributed by atoms with E-state index < -0.39 is 0 Å². The Balaban J connectivity index is 1.03. The molecule has 3 aliphatic rings. The molecule has 4 heterocycles. The summed E-state index contributed by atoms with van der Waals surface area (Å²) in [4.78, 5) is 0. The zero-order valence-corrected chi connectivity index (χ0v) is 45.7. The van der Waals surface area contributed by atoms with Crippen molar-refractivity contribution >= 4 is 93.7 Å². The summed E-state index contributed by atoms with van der Waals surface area (Å²) in [7, 11) is 2.49. The molecule has 369 valence electrons. The lowest BCUT2D eigenvalue weighted by molar-refractivity contribution is 0.331. The molecular formula is C71H60BN2OS. The maximum Gasteiger partial charge on any atom is 0.197 e. The molecule has 3 nitrogen and oxygen atoms in total. The van der Waals surface area contributed by atoms with Crippen molar-refractivity contribution in [2.45, 2.75) is 96.8 Å². The van der Waals surface area contributed by atoms with Gasteiger partial charge in [-0.2, -0.15) is 0 Å². The van der Waals surface area contributed by atoms with Gasteiger partial charge in [0, 0.05) is 86.4 Å². The number of fused-ring (bicyclic) bond motifs is 13. The van der Waals surface area contributed by atoms with Crippen molar-refractivity contribution < 1.29 is 4.42 Å². The van der Waals surface area contributed by atoms with Gasteiger partial charge < -0.3 is 14.3 Å². The molecule has 9 aromatic carbocycles. The Morgan fingerprint density at radius 1 is 0.513 bits per heavy atom. The largest absolute Gasteiger partial charge is 0.455 e. The van der Waals surface area contributed by atoms with Crippen LogP contribution in [0.1, 0.15) is 103 Å². The molecule has 0 spiro atoms. The van der Waals surface area contributed by atoms with Gasteiger partial charge in [-0.15, -0.1) is 11.3 Å². The lowest BCUT2D eigenvalue weighted by Crippen LogP contribution is -2.37. The second kappa shape index (κ2) is 15.7. The zero-order valence-electron chi connectivity index (χ0n) is 44.9. The lowest BCUT2D eigenvalue weighted by Gasteiger charge is -2.42. The number of hydrogen-bond acceptors (Lipinski definition) is 3. The molecule has 0 unspecified atom stereocenters. The molecule has 0 saturated carbocycles. The second-order valence-corrected chi connectivity index (χ2v) is 26.1. The summed E-state index contributed by atoms with van der Waals surface area (Å²) in [6, 6.07) is 64.1. The molecule has 0 atom stereocenters. The van der Waals surface area contributed by atoms with E-state index in [9.17, 15) is 0 Å². The monoisotopic (exact) mass is 999 g/mol. The fraction of sp³-hybridized carbons (Fsp3) is 0.211. The topological polar surface area (TPSA) is 30.1 Å². The number of rotatable bonds is 5. The third kappa shape index (κ3) is 6.60. The van der Waals surface area contributed by atoms with Crippen LogP contribution in [0.25, 0.3) is 103 Å². The van der Waals surface area contributed by atoms with Crippen LogP contribution < -0.4 is 16.2 Å². The molecule has 1 N–H and O–H groups in total. The average molecular weight is 1000 g/mol. The predicted octanol–water partition coefficient (Wildman–Crippen LogP) is 18.6. The van der Waals surface area contributed by atoms with Crippen LogP contribution in [-0.2, 0) is 21.7 Å². The van der Waals surface area contributed by atoms with Gasteiger partial charge >= 0.3 is 0 Å². The first-order valence-corrected chi connectivity index (χ1v) is 28.1. The van der Waals surface area contributed by atoms with E-state index in [2.05, 4.69) is 249 Å². The van der Waals surface area contributed by atoms with E-state index in [4.69, 9.17) is 4.42 Å². The van der Waals surface area contributed by atoms with E-state index in [-0.39, 0.29) is 21.7 Å². The molecule has 0 bridgehead atoms. The normalized spacial score (nSPS) is 15.8. The van der Waals surface area contributed by atoms with E-state index in [1.807, 2.05) is 11.3 Å². The second-order valence-electron chi connectivity index (χ2n) is 25.0. The minimum absolute atomic E-state index is 0.0489. The molecule has 5 heteroatoms. The average Bonchev–Trinajstić information content (AvgIpc) is 4.15. The standard InChI is InChI=1S/C71H60BN2OS/c1-68(2,3)42-24-26-43(27-25-42)73-59-39-55-47(48-33-56-57(38-54(48)71(55,8)9)70(6,7)31-30-69(56,4)5)32-49(59)45-28-29-46-50-37-63-51(44-22-16-17-23-62(44)76-63)35-60(50)74-61-36-53-52(34-58(61)72-64(45)65(46)74)66(40-18-12-10-13-19-40)75-67(53)41-20-14-11-15-21-41/h10-29,32-39,73H,30-31H2,1-9H3. The molecule has 1 radical (unpaired) electrons. The van der Waals surface area contributed by atoms with Crippen molar-refractivity contribution in [3.8, 4) is 50.6 Å². The van der Waals surface area contributed by atoms with Crippen LogP contribution in [-0.4, -0.2) is 11.8 Å². The van der Waals surface area contributed by atoms with Crippen LogP contribution in [0.5, 0.6) is 0 Å². The van der Waals surface area contributed by atoms with Crippen molar-refractivity contribution in [2.24, 2.45) is 0 Å². The number of nitrogens with one attached hydrogen (secondary N) is 1. The summed E-state index contributed by atoms with van der Waals surface area (Å²) in [6.45, 7) is 21.6. The minimum Gasteiger partial charge on any atom is -0.455 e. The molecule has 0 saturated heterocycles. The molecule has 2 aliphatic carbocycles. The van der Waals surface area contributed by atoms with Crippen molar-refractivity contribution in [1.29, 1.82) is 0 Å². The molecular weight excluding hydrogens is 940 g/mol. The Kier molecular flexibility index (Phi) is 9.48. The highest BCUT2D eigenvalue weighted by molar-refractivity contribution is 7.25. The van der Waals surface area contributed by atoms with Crippen molar-refractivity contribution in [1.82, 2.24) is 4.57 Å². The van der Waals surface area contributed by atoms with Gasteiger partial charge in [0.25, 0.3) is 0 Å². The first-order valence-electron chi connectivity index (χ1n) is 27.3. The summed E-state index contributed by atoms with van der Waals surface area (Å²) in [5, 5.41) is 11.4. The Hall–Kier alpha value is -7.60. The lowest BCUT2D eigenvalue weighted by atomic mass is 9.58. The van der Waals surface area contributed by atoms with E-state index >= 15 is 0 Å². The quantitative estimate of drug-likeness (QED) is 0.174. The molecule has 0 fully saturated rings. The summed E-state index contributed by atoms with van der Waals surface area (Å²) >= 11 is 1.89. The summed E-state index contributed by atoms with van der Waals surface area (Å²) < 4.78 is 12.3. The number of benzene rings is 9. The van der Waals surface area contributed by atoms with Gasteiger partial charge in [0.2, 0.25) is 0 Å². The van der Waals surface area contributed by atoms with Gasteiger partial charge in [-0.1, -0.05) is 183 Å². The highest BCUT2D eigenvalue weighted by atomic mass is 32.1. The van der Waals surface area contributed by atoms with E-state index in [1.54, 1.807) is 0 Å². The third-order valence-corrected chi connectivity index (χ3v) is 19.2.